The summed E-state index contributed by atoms with van der Waals surface area (Å²) in [6, 6.07) is 13.5. The molecule has 0 spiro atoms. The molecule has 0 unspecified atom stereocenters. The van der Waals surface area contributed by atoms with Crippen molar-refractivity contribution in [3.63, 3.8) is 0 Å². The van der Waals surface area contributed by atoms with Gasteiger partial charge in [0.1, 0.15) is 0 Å². The van der Waals surface area contributed by atoms with E-state index in [2.05, 4.69) is 36.2 Å². The first-order valence-corrected chi connectivity index (χ1v) is 9.54. The Kier molecular flexibility index (Phi) is 5.38. The van der Waals surface area contributed by atoms with Crippen molar-refractivity contribution in [2.24, 2.45) is 0 Å². The van der Waals surface area contributed by atoms with Gasteiger partial charge >= 0.3 is 0 Å². The number of aromatic nitrogens is 3. The summed E-state index contributed by atoms with van der Waals surface area (Å²) in [5.74, 6) is 1.11. The van der Waals surface area contributed by atoms with Crippen molar-refractivity contribution in [2.45, 2.75) is 12.1 Å². The fourth-order valence-electron chi connectivity index (χ4n) is 2.12. The van der Waals surface area contributed by atoms with Crippen molar-refractivity contribution in [2.75, 3.05) is 11.6 Å². The summed E-state index contributed by atoms with van der Waals surface area (Å²) in [6.07, 6.45) is 1.94. The van der Waals surface area contributed by atoms with Gasteiger partial charge in [-0.15, -0.1) is 0 Å². The molecule has 3 rings (SSSR count). The van der Waals surface area contributed by atoms with Gasteiger partial charge in [0.25, 0.3) is 0 Å². The average Bonchev–Trinajstić information content (AvgIpc) is 2.59. The molecule has 0 saturated carbocycles. The molecular formula is C17H14BrClN4S. The van der Waals surface area contributed by atoms with Crippen molar-refractivity contribution in [1.82, 2.24) is 15.0 Å². The van der Waals surface area contributed by atoms with E-state index in [4.69, 9.17) is 11.6 Å². The van der Waals surface area contributed by atoms with Gasteiger partial charge in [-0.2, -0.15) is 9.97 Å². The molecule has 0 aliphatic carbocycles. The third-order valence-corrected chi connectivity index (χ3v) is 4.65. The fourth-order valence-corrected chi connectivity index (χ4v) is 2.91. The van der Waals surface area contributed by atoms with E-state index in [1.807, 2.05) is 55.6 Å². The summed E-state index contributed by atoms with van der Waals surface area (Å²) in [7, 11) is 0. The van der Waals surface area contributed by atoms with Crippen LogP contribution in [0.2, 0.25) is 5.02 Å². The molecule has 2 aromatic carbocycles. The molecule has 0 atom stereocenters. The minimum absolute atomic E-state index is 0.506. The Morgan fingerprint density at radius 1 is 1.04 bits per heavy atom. The topological polar surface area (TPSA) is 50.7 Å². The molecule has 7 heteroatoms. The summed E-state index contributed by atoms with van der Waals surface area (Å²) < 4.78 is 1.02. The molecule has 122 valence electrons. The number of benzene rings is 2. The number of hydrogen-bond acceptors (Lipinski definition) is 5. The van der Waals surface area contributed by atoms with Crippen LogP contribution in [0, 0.1) is 6.92 Å². The number of anilines is 2. The van der Waals surface area contributed by atoms with Crippen molar-refractivity contribution in [1.29, 1.82) is 0 Å². The highest BCUT2D eigenvalue weighted by Crippen LogP contribution is 2.27. The first-order chi connectivity index (χ1) is 11.5. The summed E-state index contributed by atoms with van der Waals surface area (Å²) >= 11 is 11.0. The fraction of sp³-hybridized carbons (Fsp3) is 0.118. The standard InChI is InChI=1S/C17H14BrClN4S/c1-10-3-6-12(19)9-14(10)15-21-16(23-17(22-15)24-2)20-13-7-4-11(18)5-8-13/h3-9H,1-2H3,(H,20,21,22,23). The molecular weight excluding hydrogens is 408 g/mol. The highest BCUT2D eigenvalue weighted by Gasteiger charge is 2.11. The molecule has 0 radical (unpaired) electrons. The van der Waals surface area contributed by atoms with Gasteiger partial charge in [0.05, 0.1) is 0 Å². The molecule has 1 heterocycles. The summed E-state index contributed by atoms with van der Waals surface area (Å²) in [4.78, 5) is 13.5. The van der Waals surface area contributed by atoms with Crippen LogP contribution in [0.4, 0.5) is 11.6 Å². The molecule has 24 heavy (non-hydrogen) atoms. The minimum Gasteiger partial charge on any atom is -0.324 e. The zero-order valence-electron chi connectivity index (χ0n) is 13.0. The minimum atomic E-state index is 0.506. The first kappa shape index (κ1) is 17.2. The third kappa shape index (κ3) is 4.06. The van der Waals surface area contributed by atoms with Gasteiger partial charge in [-0.05, 0) is 55.1 Å². The van der Waals surface area contributed by atoms with Crippen LogP contribution in [0.15, 0.2) is 52.1 Å². The number of halogens is 2. The number of rotatable bonds is 4. The molecule has 0 saturated heterocycles. The second-order valence-corrected chi connectivity index (χ2v) is 7.19. The Morgan fingerprint density at radius 2 is 1.79 bits per heavy atom. The van der Waals surface area contributed by atoms with Gasteiger partial charge in [-0.3, -0.25) is 0 Å². The van der Waals surface area contributed by atoms with Crippen LogP contribution >= 0.6 is 39.3 Å². The Morgan fingerprint density at radius 3 is 2.50 bits per heavy atom. The molecule has 1 aromatic heterocycles. The van der Waals surface area contributed by atoms with Crippen molar-refractivity contribution in [3.8, 4) is 11.4 Å². The lowest BCUT2D eigenvalue weighted by Gasteiger charge is -2.10. The Balaban J connectivity index is 2.02. The lowest BCUT2D eigenvalue weighted by atomic mass is 10.1. The predicted molar refractivity (Wildman–Crippen MR) is 104 cm³/mol. The maximum absolute atomic E-state index is 6.13. The van der Waals surface area contributed by atoms with Crippen LogP contribution in [0.25, 0.3) is 11.4 Å². The van der Waals surface area contributed by atoms with E-state index in [0.717, 1.165) is 21.3 Å². The van der Waals surface area contributed by atoms with Gasteiger partial charge in [0.2, 0.25) is 5.95 Å². The summed E-state index contributed by atoms with van der Waals surface area (Å²) in [5, 5.41) is 4.53. The number of nitrogens with one attached hydrogen (secondary N) is 1. The van der Waals surface area contributed by atoms with Crippen LogP contribution in [0.3, 0.4) is 0 Å². The lowest BCUT2D eigenvalue weighted by Crippen LogP contribution is -2.03. The zero-order valence-corrected chi connectivity index (χ0v) is 16.2. The van der Waals surface area contributed by atoms with Crippen LogP contribution in [0.5, 0.6) is 0 Å². The number of thioether (sulfide) groups is 1. The third-order valence-electron chi connectivity index (χ3n) is 3.34. The van der Waals surface area contributed by atoms with E-state index in [0.29, 0.717) is 22.0 Å². The van der Waals surface area contributed by atoms with Gasteiger partial charge in [0.15, 0.2) is 11.0 Å². The van der Waals surface area contributed by atoms with Gasteiger partial charge in [-0.1, -0.05) is 45.4 Å². The van der Waals surface area contributed by atoms with Crippen molar-refractivity contribution < 1.29 is 0 Å². The highest BCUT2D eigenvalue weighted by atomic mass is 79.9. The molecule has 0 fully saturated rings. The van der Waals surface area contributed by atoms with Crippen molar-refractivity contribution >= 4 is 50.9 Å². The van der Waals surface area contributed by atoms with Gasteiger partial charge < -0.3 is 5.32 Å². The summed E-state index contributed by atoms with van der Waals surface area (Å²) in [5.41, 5.74) is 2.87. The van der Waals surface area contributed by atoms with Crippen LogP contribution in [-0.4, -0.2) is 21.2 Å². The zero-order chi connectivity index (χ0) is 17.1. The Bertz CT molecular complexity index is 871. The Hall–Kier alpha value is -1.63. The van der Waals surface area contributed by atoms with E-state index >= 15 is 0 Å². The molecule has 4 nitrogen and oxygen atoms in total. The van der Waals surface area contributed by atoms with Crippen LogP contribution in [-0.2, 0) is 0 Å². The van der Waals surface area contributed by atoms with E-state index in [-0.39, 0.29) is 0 Å². The van der Waals surface area contributed by atoms with Crippen molar-refractivity contribution in [3.05, 3.63) is 57.5 Å². The molecule has 0 aliphatic heterocycles. The average molecular weight is 422 g/mol. The van der Waals surface area contributed by atoms with E-state index < -0.39 is 0 Å². The highest BCUT2D eigenvalue weighted by molar-refractivity contribution is 9.10. The van der Waals surface area contributed by atoms with Crippen LogP contribution in [0.1, 0.15) is 5.56 Å². The van der Waals surface area contributed by atoms with E-state index in [1.165, 1.54) is 11.8 Å². The normalized spacial score (nSPS) is 10.7. The molecule has 3 aromatic rings. The molecule has 0 amide bonds. The molecule has 0 bridgehead atoms. The molecule has 1 N–H and O–H groups in total. The van der Waals surface area contributed by atoms with Crippen LogP contribution < -0.4 is 5.32 Å². The maximum Gasteiger partial charge on any atom is 0.231 e. The second kappa shape index (κ2) is 7.51. The largest absolute Gasteiger partial charge is 0.324 e. The van der Waals surface area contributed by atoms with E-state index in [9.17, 15) is 0 Å². The number of hydrogen-bond donors (Lipinski definition) is 1. The lowest BCUT2D eigenvalue weighted by molar-refractivity contribution is 0.921. The number of nitrogens with zero attached hydrogens (tertiary/aromatic N) is 3. The smallest absolute Gasteiger partial charge is 0.231 e. The van der Waals surface area contributed by atoms with Gasteiger partial charge in [-0.25, -0.2) is 4.98 Å². The summed E-state index contributed by atoms with van der Waals surface area (Å²) in [6.45, 7) is 2.01. The predicted octanol–water partition coefficient (Wildman–Crippen LogP) is 5.73. The number of aryl methyl sites for hydroxylation is 1. The second-order valence-electron chi connectivity index (χ2n) is 5.06. The molecule has 0 aliphatic rings. The Labute approximate surface area is 158 Å². The SMILES string of the molecule is CSc1nc(Nc2ccc(Br)cc2)nc(-c2cc(Cl)ccc2C)n1. The van der Waals surface area contributed by atoms with Gasteiger partial charge in [0, 0.05) is 20.7 Å². The quantitative estimate of drug-likeness (QED) is 0.545. The first-order valence-electron chi connectivity index (χ1n) is 7.14. The monoisotopic (exact) mass is 420 g/mol. The maximum atomic E-state index is 6.13. The van der Waals surface area contributed by atoms with E-state index in [1.54, 1.807) is 0 Å².